The van der Waals surface area contributed by atoms with Crippen LogP contribution in [0.3, 0.4) is 0 Å². The van der Waals surface area contributed by atoms with E-state index >= 15 is 0 Å². The lowest BCUT2D eigenvalue weighted by atomic mass is 10.2. The zero-order valence-electron chi connectivity index (χ0n) is 8.01. The second-order valence-electron chi connectivity index (χ2n) is 3.29. The molecule has 0 atom stereocenters. The summed E-state index contributed by atoms with van der Waals surface area (Å²) in [5, 5.41) is 0. The molecule has 13 heavy (non-hydrogen) atoms. The molecule has 1 heterocycles. The normalized spacial score (nSPS) is 19.2. The quantitative estimate of drug-likeness (QED) is 0.324. The highest BCUT2D eigenvalue weighted by molar-refractivity contribution is 14.1. The highest BCUT2D eigenvalue weighted by Gasteiger charge is 2.09. The molecule has 0 aliphatic carbocycles. The smallest absolute Gasteiger partial charge is 0.0742 e. The Balaban J connectivity index is 1.86. The number of unbranched alkanes of at least 4 members (excludes halogenated alkanes) is 3. The number of rotatable bonds is 6. The number of hydrogen-bond donors (Lipinski definition) is 0. The maximum absolute atomic E-state index is 5.22. The molecular formula is C9H18INOS. The summed E-state index contributed by atoms with van der Waals surface area (Å²) in [5.41, 5.74) is 0. The molecule has 1 aliphatic heterocycles. The van der Waals surface area contributed by atoms with Crippen molar-refractivity contribution < 1.29 is 4.18 Å². The maximum Gasteiger partial charge on any atom is 0.0742 e. The average molecular weight is 315 g/mol. The van der Waals surface area contributed by atoms with Crippen LogP contribution in [0.25, 0.3) is 0 Å². The van der Waals surface area contributed by atoms with Crippen LogP contribution < -0.4 is 0 Å². The molecule has 0 aromatic rings. The standard InChI is InChI=1S/C9H18INOS/c10-5-3-1-2-4-6-11-7-8-12-13-9-11/h1-9H2. The molecular weight excluding hydrogens is 297 g/mol. The van der Waals surface area contributed by atoms with Gasteiger partial charge < -0.3 is 4.18 Å². The van der Waals surface area contributed by atoms with E-state index in [0.717, 1.165) is 19.0 Å². The van der Waals surface area contributed by atoms with E-state index < -0.39 is 0 Å². The van der Waals surface area contributed by atoms with Crippen LogP contribution in [0, 0.1) is 0 Å². The van der Waals surface area contributed by atoms with Crippen LogP contribution in [0.2, 0.25) is 0 Å². The lowest BCUT2D eigenvalue weighted by molar-refractivity contribution is 0.218. The Kier molecular flexibility index (Phi) is 7.73. The highest BCUT2D eigenvalue weighted by Crippen LogP contribution is 2.13. The summed E-state index contributed by atoms with van der Waals surface area (Å²) in [6.45, 7) is 3.29. The van der Waals surface area contributed by atoms with Crippen LogP contribution in [-0.4, -0.2) is 34.9 Å². The molecule has 78 valence electrons. The van der Waals surface area contributed by atoms with Crippen molar-refractivity contribution in [1.82, 2.24) is 4.90 Å². The van der Waals surface area contributed by atoms with Gasteiger partial charge in [0.15, 0.2) is 0 Å². The summed E-state index contributed by atoms with van der Waals surface area (Å²) in [6, 6.07) is 0. The molecule has 1 saturated heterocycles. The zero-order chi connectivity index (χ0) is 9.36. The first-order chi connectivity index (χ1) is 6.43. The zero-order valence-corrected chi connectivity index (χ0v) is 11.0. The molecule has 2 nitrogen and oxygen atoms in total. The molecule has 0 saturated carbocycles. The van der Waals surface area contributed by atoms with Crippen molar-refractivity contribution in [2.45, 2.75) is 25.7 Å². The number of hydrogen-bond acceptors (Lipinski definition) is 3. The van der Waals surface area contributed by atoms with Crippen LogP contribution in [0.4, 0.5) is 0 Å². The van der Waals surface area contributed by atoms with Gasteiger partial charge in [0.05, 0.1) is 12.5 Å². The molecule has 0 aromatic carbocycles. The third kappa shape index (κ3) is 6.14. The lowest BCUT2D eigenvalue weighted by Crippen LogP contribution is -2.31. The Morgan fingerprint density at radius 3 is 2.77 bits per heavy atom. The van der Waals surface area contributed by atoms with E-state index in [1.165, 1.54) is 36.7 Å². The molecule has 0 aromatic heterocycles. The predicted octanol–water partition coefficient (Wildman–Crippen LogP) is 2.92. The van der Waals surface area contributed by atoms with Crippen LogP contribution in [0.5, 0.6) is 0 Å². The van der Waals surface area contributed by atoms with Crippen LogP contribution >= 0.6 is 34.6 Å². The Hall–Kier alpha value is 1.000. The largest absolute Gasteiger partial charge is 0.313 e. The fourth-order valence-corrected chi connectivity index (χ4v) is 2.58. The van der Waals surface area contributed by atoms with Gasteiger partial charge in [0.2, 0.25) is 0 Å². The van der Waals surface area contributed by atoms with Crippen molar-refractivity contribution in [3.05, 3.63) is 0 Å². The van der Waals surface area contributed by atoms with Crippen LogP contribution in [0.1, 0.15) is 25.7 Å². The molecule has 0 amide bonds. The first kappa shape index (κ1) is 12.1. The third-order valence-corrected chi connectivity index (χ3v) is 3.73. The van der Waals surface area contributed by atoms with Crippen molar-refractivity contribution in [2.75, 3.05) is 30.0 Å². The van der Waals surface area contributed by atoms with E-state index in [0.29, 0.717) is 0 Å². The van der Waals surface area contributed by atoms with E-state index in [2.05, 4.69) is 27.5 Å². The first-order valence-electron chi connectivity index (χ1n) is 4.96. The average Bonchev–Trinajstić information content (AvgIpc) is 2.19. The SMILES string of the molecule is ICCCCCCN1CCOSC1. The minimum absolute atomic E-state index is 0.901. The Bertz CT molecular complexity index is 120. The molecule has 0 spiro atoms. The molecule has 0 bridgehead atoms. The van der Waals surface area contributed by atoms with E-state index in [-0.39, 0.29) is 0 Å². The second-order valence-corrected chi connectivity index (χ2v) is 5.10. The fraction of sp³-hybridized carbons (Fsp3) is 1.00. The van der Waals surface area contributed by atoms with E-state index in [1.807, 2.05) is 0 Å². The van der Waals surface area contributed by atoms with Gasteiger partial charge in [0.25, 0.3) is 0 Å². The van der Waals surface area contributed by atoms with Gasteiger partial charge in [-0.15, -0.1) is 0 Å². The van der Waals surface area contributed by atoms with E-state index in [4.69, 9.17) is 4.18 Å². The highest BCUT2D eigenvalue weighted by atomic mass is 127. The second kappa shape index (κ2) is 8.32. The number of alkyl halides is 1. The Morgan fingerprint density at radius 1 is 1.23 bits per heavy atom. The first-order valence-corrected chi connectivity index (χ1v) is 7.40. The van der Waals surface area contributed by atoms with Crippen molar-refractivity contribution in [2.24, 2.45) is 0 Å². The minimum Gasteiger partial charge on any atom is -0.313 e. The van der Waals surface area contributed by atoms with Gasteiger partial charge in [-0.05, 0) is 23.8 Å². The van der Waals surface area contributed by atoms with E-state index in [9.17, 15) is 0 Å². The molecule has 0 unspecified atom stereocenters. The topological polar surface area (TPSA) is 12.5 Å². The van der Waals surface area contributed by atoms with Gasteiger partial charge in [-0.3, -0.25) is 4.90 Å². The van der Waals surface area contributed by atoms with E-state index in [1.54, 1.807) is 12.0 Å². The summed E-state index contributed by atoms with van der Waals surface area (Å²) in [6.07, 6.45) is 5.54. The molecule has 1 fully saturated rings. The Labute approximate surface area is 99.1 Å². The van der Waals surface area contributed by atoms with Crippen molar-refractivity contribution in [3.8, 4) is 0 Å². The fourth-order valence-electron chi connectivity index (χ4n) is 1.36. The lowest BCUT2D eigenvalue weighted by Gasteiger charge is -2.25. The van der Waals surface area contributed by atoms with Gasteiger partial charge in [0, 0.05) is 18.6 Å². The Morgan fingerprint density at radius 2 is 2.08 bits per heavy atom. The predicted molar refractivity (Wildman–Crippen MR) is 67.3 cm³/mol. The number of halogens is 1. The minimum atomic E-state index is 0.901. The molecule has 0 radical (unpaired) electrons. The van der Waals surface area contributed by atoms with Gasteiger partial charge in [-0.25, -0.2) is 0 Å². The summed E-state index contributed by atoms with van der Waals surface area (Å²) in [5.74, 6) is 1.06. The maximum atomic E-state index is 5.22. The monoisotopic (exact) mass is 315 g/mol. The van der Waals surface area contributed by atoms with Gasteiger partial charge in [0.1, 0.15) is 0 Å². The summed E-state index contributed by atoms with van der Waals surface area (Å²) in [4.78, 5) is 2.48. The molecule has 1 aliphatic rings. The molecule has 0 N–H and O–H groups in total. The van der Waals surface area contributed by atoms with Crippen molar-refractivity contribution in [3.63, 3.8) is 0 Å². The third-order valence-electron chi connectivity index (χ3n) is 2.17. The van der Waals surface area contributed by atoms with Gasteiger partial charge in [-0.1, -0.05) is 35.4 Å². The molecule has 1 rings (SSSR count). The van der Waals surface area contributed by atoms with Crippen LogP contribution in [-0.2, 0) is 4.18 Å². The van der Waals surface area contributed by atoms with Crippen LogP contribution in [0.15, 0.2) is 0 Å². The summed E-state index contributed by atoms with van der Waals surface area (Å²) >= 11 is 4.05. The summed E-state index contributed by atoms with van der Waals surface area (Å²) < 4.78 is 6.53. The number of nitrogens with zero attached hydrogens (tertiary/aromatic N) is 1. The molecule has 4 heteroatoms. The summed E-state index contributed by atoms with van der Waals surface area (Å²) in [7, 11) is 0. The van der Waals surface area contributed by atoms with Crippen molar-refractivity contribution in [1.29, 1.82) is 0 Å². The van der Waals surface area contributed by atoms with Gasteiger partial charge >= 0.3 is 0 Å². The van der Waals surface area contributed by atoms with Crippen molar-refractivity contribution >= 4 is 34.6 Å². The van der Waals surface area contributed by atoms with Gasteiger partial charge in [-0.2, -0.15) is 0 Å².